The standard InChI is InChI=1S/C74H86O8/c1-53(59-27-13-7-14-28-59)65-45-69(55(3)61-31-17-9-18-32-61)73(70(46-65)56(4)62-33-19-10-20-34-62)81-51-67(79-43-39-75)49-77-41-25-26-42-78-50-68(80-44-40-76)52-82-74-71(57(5)63-35-21-11-22-36-63)47-66(54(2)60-29-15-8-16-30-60)48-72(74)58(6)64-37-23-12-24-38-64/h7-24,27-38,45-48,53-58,67-68,75-76H,25-26,39-44,49-52H2,1-6H3. The quantitative estimate of drug-likeness (QED) is 0.0393. The molecule has 0 spiro atoms. The summed E-state index contributed by atoms with van der Waals surface area (Å²) >= 11 is 0. The Labute approximate surface area is 489 Å². The molecule has 0 aromatic heterocycles. The fraction of sp³-hybridized carbons (Fsp3) is 0.351. The van der Waals surface area contributed by atoms with Crippen molar-refractivity contribution in [2.45, 2.75) is 102 Å². The zero-order chi connectivity index (χ0) is 57.5. The Kier molecular flexibility index (Phi) is 24.0. The Balaban J connectivity index is 0.929. The molecular formula is C74H86O8. The van der Waals surface area contributed by atoms with E-state index < -0.39 is 12.2 Å². The molecule has 2 N–H and O–H groups in total. The summed E-state index contributed by atoms with van der Waals surface area (Å²) in [6.45, 7) is 15.8. The number of aliphatic hydroxyl groups excluding tert-OH is 2. The molecule has 8 unspecified atom stereocenters. The SMILES string of the molecule is CC(c1ccccc1)c1cc(C(C)c2ccccc2)c(OCC(COCCCCOCC(COc2c(C(C)c3ccccc3)cc(C(C)c3ccccc3)cc2C(C)c2ccccc2)OCCO)OCCO)c(C(C)c2ccccc2)c1. The minimum atomic E-state index is -0.425. The molecule has 0 heterocycles. The van der Waals surface area contributed by atoms with Crippen molar-refractivity contribution in [3.8, 4) is 11.5 Å². The lowest BCUT2D eigenvalue weighted by atomic mass is 9.81. The van der Waals surface area contributed by atoms with Crippen LogP contribution < -0.4 is 9.47 Å². The number of hydrogen-bond acceptors (Lipinski definition) is 8. The molecule has 8 heteroatoms. The van der Waals surface area contributed by atoms with E-state index in [0.29, 0.717) is 26.4 Å². The molecule has 8 nitrogen and oxygen atoms in total. The van der Waals surface area contributed by atoms with Crippen LogP contribution in [0.15, 0.2) is 206 Å². The maximum atomic E-state index is 9.90. The average molecular weight is 1100 g/mol. The van der Waals surface area contributed by atoms with Gasteiger partial charge in [0.15, 0.2) is 0 Å². The lowest BCUT2D eigenvalue weighted by molar-refractivity contribution is -0.0527. The molecule has 0 aliphatic heterocycles. The zero-order valence-corrected chi connectivity index (χ0v) is 49.1. The largest absolute Gasteiger partial charge is 0.490 e. The van der Waals surface area contributed by atoms with E-state index in [1.165, 1.54) is 44.5 Å². The van der Waals surface area contributed by atoms with Crippen LogP contribution >= 0.6 is 0 Å². The smallest absolute Gasteiger partial charge is 0.127 e. The first-order valence-electron chi connectivity index (χ1n) is 29.7. The van der Waals surface area contributed by atoms with Crippen LogP contribution in [0.4, 0.5) is 0 Å². The van der Waals surface area contributed by atoms with E-state index in [2.05, 4.69) is 248 Å². The Bertz CT molecular complexity index is 2720. The van der Waals surface area contributed by atoms with Crippen molar-refractivity contribution in [3.63, 3.8) is 0 Å². The molecule has 0 aliphatic carbocycles. The van der Waals surface area contributed by atoms with Crippen LogP contribution in [0.3, 0.4) is 0 Å². The van der Waals surface area contributed by atoms with E-state index in [0.717, 1.165) is 46.6 Å². The fourth-order valence-electron chi connectivity index (χ4n) is 11.0. The maximum absolute atomic E-state index is 9.90. The highest BCUT2D eigenvalue weighted by atomic mass is 16.6. The highest BCUT2D eigenvalue weighted by Crippen LogP contribution is 2.45. The van der Waals surface area contributed by atoms with Gasteiger partial charge in [-0.25, -0.2) is 0 Å². The zero-order valence-electron chi connectivity index (χ0n) is 49.1. The van der Waals surface area contributed by atoms with E-state index >= 15 is 0 Å². The Morgan fingerprint density at radius 3 is 0.780 bits per heavy atom. The van der Waals surface area contributed by atoms with E-state index in [9.17, 15) is 10.2 Å². The van der Waals surface area contributed by atoms with Gasteiger partial charge in [0, 0.05) is 71.0 Å². The second kappa shape index (κ2) is 32.1. The number of hydrogen-bond donors (Lipinski definition) is 2. The van der Waals surface area contributed by atoms with Crippen LogP contribution in [0.2, 0.25) is 0 Å². The molecule has 0 saturated heterocycles. The molecule has 8 aromatic carbocycles. The molecule has 0 aliphatic rings. The first-order valence-corrected chi connectivity index (χ1v) is 29.7. The number of rotatable bonds is 33. The normalized spacial score (nSPS) is 14.5. The number of ether oxygens (including phenoxy) is 6. The molecule has 82 heavy (non-hydrogen) atoms. The molecular weight excluding hydrogens is 1020 g/mol. The first-order chi connectivity index (χ1) is 40.1. The minimum absolute atomic E-state index is 0.0372. The van der Waals surface area contributed by atoms with E-state index in [1.807, 2.05) is 0 Å². The van der Waals surface area contributed by atoms with Crippen molar-refractivity contribution < 1.29 is 38.6 Å². The lowest BCUT2D eigenvalue weighted by Crippen LogP contribution is -2.29. The molecule has 0 bridgehead atoms. The molecule has 8 rings (SSSR count). The van der Waals surface area contributed by atoms with Gasteiger partial charge in [-0.2, -0.15) is 0 Å². The summed E-state index contributed by atoms with van der Waals surface area (Å²) in [6, 6.07) is 73.2. The number of unbranched alkanes of at least 4 members (excludes halogenated alkanes) is 1. The molecule has 8 aromatic rings. The second-order valence-corrected chi connectivity index (χ2v) is 21.8. The van der Waals surface area contributed by atoms with E-state index in [4.69, 9.17) is 28.4 Å². The van der Waals surface area contributed by atoms with Crippen LogP contribution in [0.1, 0.15) is 157 Å². The summed E-state index contributed by atoms with van der Waals surface area (Å²) in [5.41, 5.74) is 14.3. The van der Waals surface area contributed by atoms with Gasteiger partial charge >= 0.3 is 0 Å². The van der Waals surface area contributed by atoms with Gasteiger partial charge in [-0.15, -0.1) is 0 Å². The van der Waals surface area contributed by atoms with Gasteiger partial charge in [0.1, 0.15) is 36.9 Å². The first kappa shape index (κ1) is 61.2. The third-order valence-electron chi connectivity index (χ3n) is 16.2. The summed E-state index contributed by atoms with van der Waals surface area (Å²) < 4.78 is 39.1. The monoisotopic (exact) mass is 1100 g/mol. The van der Waals surface area contributed by atoms with Crippen LogP contribution in [-0.4, -0.2) is 88.5 Å². The fourth-order valence-corrected chi connectivity index (χ4v) is 11.0. The molecule has 0 saturated carbocycles. The van der Waals surface area contributed by atoms with Gasteiger partial charge < -0.3 is 38.6 Å². The third-order valence-corrected chi connectivity index (χ3v) is 16.2. The van der Waals surface area contributed by atoms with Crippen LogP contribution in [0.25, 0.3) is 0 Å². The van der Waals surface area contributed by atoms with Crippen LogP contribution in [0.5, 0.6) is 11.5 Å². The molecule has 0 radical (unpaired) electrons. The summed E-state index contributed by atoms with van der Waals surface area (Å²) in [4.78, 5) is 0. The highest BCUT2D eigenvalue weighted by Gasteiger charge is 2.28. The van der Waals surface area contributed by atoms with Crippen molar-refractivity contribution in [2.24, 2.45) is 0 Å². The van der Waals surface area contributed by atoms with Gasteiger partial charge in [-0.05, 0) is 57.3 Å². The summed E-state index contributed by atoms with van der Waals surface area (Å²) in [5.74, 6) is 2.17. The molecule has 0 amide bonds. The van der Waals surface area contributed by atoms with E-state index in [-0.39, 0.29) is 75.1 Å². The predicted molar refractivity (Wildman–Crippen MR) is 332 cm³/mol. The molecule has 430 valence electrons. The minimum Gasteiger partial charge on any atom is -0.490 e. The second-order valence-electron chi connectivity index (χ2n) is 21.8. The van der Waals surface area contributed by atoms with Crippen molar-refractivity contribution in [3.05, 3.63) is 273 Å². The Hall–Kier alpha value is -6.88. The van der Waals surface area contributed by atoms with Crippen LogP contribution in [-0.2, 0) is 18.9 Å². The number of aliphatic hydroxyl groups is 2. The van der Waals surface area contributed by atoms with E-state index in [1.54, 1.807) is 0 Å². The lowest BCUT2D eigenvalue weighted by Gasteiger charge is -2.28. The highest BCUT2D eigenvalue weighted by molar-refractivity contribution is 5.56. The Morgan fingerprint density at radius 2 is 0.537 bits per heavy atom. The van der Waals surface area contributed by atoms with Crippen molar-refractivity contribution >= 4 is 0 Å². The van der Waals surface area contributed by atoms with Gasteiger partial charge in [0.05, 0.1) is 39.6 Å². The summed E-state index contributed by atoms with van der Waals surface area (Å²) in [6.07, 6.45) is 0.678. The van der Waals surface area contributed by atoms with Crippen molar-refractivity contribution in [1.29, 1.82) is 0 Å². The van der Waals surface area contributed by atoms with Gasteiger partial charge in [0.2, 0.25) is 0 Å². The van der Waals surface area contributed by atoms with Gasteiger partial charge in [-0.3, -0.25) is 0 Å². The summed E-state index contributed by atoms with van der Waals surface area (Å²) in [5, 5.41) is 19.8. The maximum Gasteiger partial charge on any atom is 0.127 e. The van der Waals surface area contributed by atoms with Crippen molar-refractivity contribution in [2.75, 3.05) is 66.1 Å². The van der Waals surface area contributed by atoms with Gasteiger partial charge in [0.25, 0.3) is 0 Å². The molecule has 8 atom stereocenters. The molecule has 0 fully saturated rings. The topological polar surface area (TPSA) is 95.8 Å². The average Bonchev–Trinajstić information content (AvgIpc) is 3.60. The van der Waals surface area contributed by atoms with Crippen LogP contribution in [0, 0.1) is 0 Å². The Morgan fingerprint density at radius 1 is 0.293 bits per heavy atom. The van der Waals surface area contributed by atoms with Crippen molar-refractivity contribution in [1.82, 2.24) is 0 Å². The van der Waals surface area contributed by atoms with Gasteiger partial charge in [-0.1, -0.05) is 248 Å². The third kappa shape index (κ3) is 16.9. The number of benzene rings is 8. The predicted octanol–water partition coefficient (Wildman–Crippen LogP) is 15.6. The summed E-state index contributed by atoms with van der Waals surface area (Å²) in [7, 11) is 0.